The van der Waals surface area contributed by atoms with Crippen LogP contribution in [0.1, 0.15) is 44.9 Å². The number of aryl methyl sites for hydroxylation is 1. The number of nitrogens with zero attached hydrogens (tertiary/aromatic N) is 2. The molecule has 0 saturated carbocycles. The van der Waals surface area contributed by atoms with Gasteiger partial charge in [-0.1, -0.05) is 0 Å². The normalized spacial score (nSPS) is 17.0. The van der Waals surface area contributed by atoms with Gasteiger partial charge in [-0.15, -0.1) is 0 Å². The van der Waals surface area contributed by atoms with Gasteiger partial charge in [0, 0.05) is 42.7 Å². The minimum atomic E-state index is -0.246. The fourth-order valence-electron chi connectivity index (χ4n) is 3.62. The Bertz CT molecular complexity index is 791. The fraction of sp³-hybridized carbons (Fsp3) is 0.571. The van der Waals surface area contributed by atoms with E-state index in [4.69, 9.17) is 9.41 Å². The maximum atomic E-state index is 13.5. The van der Waals surface area contributed by atoms with Crippen molar-refractivity contribution in [1.29, 1.82) is 0 Å². The molecule has 148 valence electrons. The summed E-state index contributed by atoms with van der Waals surface area (Å²) in [4.78, 5) is 7.22. The number of furan rings is 1. The van der Waals surface area contributed by atoms with Crippen LogP contribution in [0.3, 0.4) is 0 Å². The van der Waals surface area contributed by atoms with Crippen LogP contribution in [0.15, 0.2) is 27.6 Å². The average molecular weight is 375 g/mol. The SMILES string of the molecule is CCNC(=NCc1oc2ccc(F)cc2c1C)NC1CCN(C(C)C)CC1. The first kappa shape index (κ1) is 19.7. The second-order valence-electron chi connectivity index (χ2n) is 7.53. The van der Waals surface area contributed by atoms with Gasteiger partial charge in [-0.3, -0.25) is 0 Å². The van der Waals surface area contributed by atoms with Crippen LogP contribution in [0.2, 0.25) is 0 Å². The summed E-state index contributed by atoms with van der Waals surface area (Å²) in [6.45, 7) is 12.0. The van der Waals surface area contributed by atoms with Crippen LogP contribution in [0.5, 0.6) is 0 Å². The predicted octanol–water partition coefficient (Wildman–Crippen LogP) is 3.81. The lowest BCUT2D eigenvalue weighted by atomic mass is 10.0. The Labute approximate surface area is 161 Å². The van der Waals surface area contributed by atoms with Crippen molar-refractivity contribution in [2.24, 2.45) is 4.99 Å². The van der Waals surface area contributed by atoms with Crippen molar-refractivity contribution in [3.8, 4) is 0 Å². The van der Waals surface area contributed by atoms with E-state index in [9.17, 15) is 4.39 Å². The Morgan fingerprint density at radius 1 is 1.33 bits per heavy atom. The highest BCUT2D eigenvalue weighted by molar-refractivity contribution is 5.82. The molecule has 1 fully saturated rings. The van der Waals surface area contributed by atoms with E-state index in [1.807, 2.05) is 6.92 Å². The molecule has 1 aliphatic heterocycles. The number of piperidine rings is 1. The number of rotatable bonds is 5. The van der Waals surface area contributed by atoms with Gasteiger partial charge in [-0.25, -0.2) is 9.38 Å². The summed E-state index contributed by atoms with van der Waals surface area (Å²) in [5.74, 6) is 1.35. The van der Waals surface area contributed by atoms with Gasteiger partial charge < -0.3 is 20.0 Å². The molecule has 1 aromatic heterocycles. The lowest BCUT2D eigenvalue weighted by Gasteiger charge is -2.35. The van der Waals surface area contributed by atoms with E-state index in [1.165, 1.54) is 12.1 Å². The predicted molar refractivity (Wildman–Crippen MR) is 109 cm³/mol. The van der Waals surface area contributed by atoms with Crippen LogP contribution < -0.4 is 10.6 Å². The van der Waals surface area contributed by atoms with Crippen molar-refractivity contribution in [2.45, 2.75) is 59.2 Å². The van der Waals surface area contributed by atoms with Crippen molar-refractivity contribution in [3.05, 3.63) is 35.3 Å². The summed E-state index contributed by atoms with van der Waals surface area (Å²) in [5.41, 5.74) is 1.66. The number of likely N-dealkylation sites (tertiary alicyclic amines) is 1. The zero-order valence-electron chi connectivity index (χ0n) is 16.8. The maximum Gasteiger partial charge on any atom is 0.191 e. The Morgan fingerprint density at radius 3 is 2.74 bits per heavy atom. The third-order valence-corrected chi connectivity index (χ3v) is 5.32. The molecule has 1 aliphatic rings. The molecule has 6 heteroatoms. The molecule has 0 unspecified atom stereocenters. The van der Waals surface area contributed by atoms with Crippen LogP contribution in [-0.4, -0.2) is 42.6 Å². The number of fused-ring (bicyclic) bond motifs is 1. The van der Waals surface area contributed by atoms with Crippen LogP contribution >= 0.6 is 0 Å². The van der Waals surface area contributed by atoms with E-state index >= 15 is 0 Å². The summed E-state index contributed by atoms with van der Waals surface area (Å²) < 4.78 is 19.4. The molecule has 5 nitrogen and oxygen atoms in total. The Kier molecular flexibility index (Phi) is 6.37. The van der Waals surface area contributed by atoms with Gasteiger partial charge in [0.1, 0.15) is 23.7 Å². The Morgan fingerprint density at radius 2 is 2.07 bits per heavy atom. The molecule has 1 aromatic carbocycles. The smallest absolute Gasteiger partial charge is 0.191 e. The highest BCUT2D eigenvalue weighted by atomic mass is 19.1. The molecule has 2 N–H and O–H groups in total. The summed E-state index contributed by atoms with van der Waals surface area (Å²) >= 11 is 0. The first-order valence-electron chi connectivity index (χ1n) is 9.94. The van der Waals surface area contributed by atoms with Crippen molar-refractivity contribution >= 4 is 16.9 Å². The molecular weight excluding hydrogens is 343 g/mol. The minimum absolute atomic E-state index is 0.246. The molecular formula is C21H31FN4O. The minimum Gasteiger partial charge on any atom is -0.459 e. The average Bonchev–Trinajstić information content (AvgIpc) is 2.96. The molecule has 0 radical (unpaired) electrons. The number of nitrogens with one attached hydrogen (secondary N) is 2. The summed E-state index contributed by atoms with van der Waals surface area (Å²) in [7, 11) is 0. The van der Waals surface area contributed by atoms with Gasteiger partial charge in [0.15, 0.2) is 5.96 Å². The highest BCUT2D eigenvalue weighted by Gasteiger charge is 2.21. The lowest BCUT2D eigenvalue weighted by molar-refractivity contribution is 0.167. The van der Waals surface area contributed by atoms with Gasteiger partial charge in [0.25, 0.3) is 0 Å². The monoisotopic (exact) mass is 374 g/mol. The largest absolute Gasteiger partial charge is 0.459 e. The number of hydrogen-bond acceptors (Lipinski definition) is 3. The van der Waals surface area contributed by atoms with E-state index in [1.54, 1.807) is 6.07 Å². The Balaban J connectivity index is 1.67. The third kappa shape index (κ3) is 4.80. The number of halogens is 1. The van der Waals surface area contributed by atoms with Crippen molar-refractivity contribution in [3.63, 3.8) is 0 Å². The molecule has 1 saturated heterocycles. The number of hydrogen-bond donors (Lipinski definition) is 2. The molecule has 0 atom stereocenters. The quantitative estimate of drug-likeness (QED) is 0.617. The first-order valence-corrected chi connectivity index (χ1v) is 9.94. The summed E-state index contributed by atoms with van der Waals surface area (Å²) in [5, 5.41) is 7.70. The van der Waals surface area contributed by atoms with Crippen LogP contribution in [0.25, 0.3) is 11.0 Å². The molecule has 27 heavy (non-hydrogen) atoms. The lowest BCUT2D eigenvalue weighted by Crippen LogP contribution is -2.49. The summed E-state index contributed by atoms with van der Waals surface area (Å²) in [6.07, 6.45) is 2.23. The molecule has 2 heterocycles. The van der Waals surface area contributed by atoms with Gasteiger partial charge >= 0.3 is 0 Å². The zero-order valence-corrected chi connectivity index (χ0v) is 16.8. The zero-order chi connectivity index (χ0) is 19.4. The molecule has 0 amide bonds. The molecule has 3 rings (SSSR count). The van der Waals surface area contributed by atoms with Crippen LogP contribution in [-0.2, 0) is 6.54 Å². The van der Waals surface area contributed by atoms with Gasteiger partial charge in [0.05, 0.1) is 0 Å². The second-order valence-corrected chi connectivity index (χ2v) is 7.53. The van der Waals surface area contributed by atoms with E-state index in [0.717, 1.165) is 55.1 Å². The Hall–Kier alpha value is -2.08. The van der Waals surface area contributed by atoms with E-state index in [-0.39, 0.29) is 5.82 Å². The van der Waals surface area contributed by atoms with Gasteiger partial charge in [-0.2, -0.15) is 0 Å². The van der Waals surface area contributed by atoms with Crippen LogP contribution in [0.4, 0.5) is 4.39 Å². The molecule has 0 aliphatic carbocycles. The van der Waals surface area contributed by atoms with E-state index in [0.29, 0.717) is 24.2 Å². The topological polar surface area (TPSA) is 52.8 Å². The highest BCUT2D eigenvalue weighted by Crippen LogP contribution is 2.26. The van der Waals surface area contributed by atoms with Crippen LogP contribution in [0, 0.1) is 12.7 Å². The summed E-state index contributed by atoms with van der Waals surface area (Å²) in [6, 6.07) is 5.66. The van der Waals surface area contributed by atoms with E-state index < -0.39 is 0 Å². The van der Waals surface area contributed by atoms with Crippen molar-refractivity contribution in [2.75, 3.05) is 19.6 Å². The standard InChI is InChI=1S/C21H31FN4O/c1-5-23-21(25-17-8-10-26(11-9-17)14(2)3)24-13-20-15(4)18-12-16(22)6-7-19(18)27-20/h6-7,12,14,17H,5,8-11,13H2,1-4H3,(H2,23,24,25). The second kappa shape index (κ2) is 8.74. The van der Waals surface area contributed by atoms with Crippen molar-refractivity contribution < 1.29 is 8.81 Å². The van der Waals surface area contributed by atoms with Gasteiger partial charge in [0.2, 0.25) is 0 Å². The number of guanidine groups is 1. The molecule has 0 spiro atoms. The van der Waals surface area contributed by atoms with Crippen molar-refractivity contribution in [1.82, 2.24) is 15.5 Å². The third-order valence-electron chi connectivity index (χ3n) is 5.32. The molecule has 0 bridgehead atoms. The number of benzene rings is 1. The molecule has 2 aromatic rings. The maximum absolute atomic E-state index is 13.5. The first-order chi connectivity index (χ1) is 13.0. The van der Waals surface area contributed by atoms with E-state index in [2.05, 4.69) is 36.3 Å². The van der Waals surface area contributed by atoms with Gasteiger partial charge in [-0.05, 0) is 58.7 Å². The fourth-order valence-corrected chi connectivity index (χ4v) is 3.62. The number of aliphatic imine (C=N–C) groups is 1.